The molecule has 2 aromatic carbocycles. The third kappa shape index (κ3) is 3.77. The normalized spacial score (nSPS) is 12.6. The van der Waals surface area contributed by atoms with E-state index in [1.807, 2.05) is 12.1 Å². The van der Waals surface area contributed by atoms with Gasteiger partial charge in [-0.05, 0) is 73.7 Å². The molecule has 0 aliphatic heterocycles. The first-order chi connectivity index (χ1) is 11.1. The second-order valence-electron chi connectivity index (χ2n) is 5.75. The molecule has 0 spiro atoms. The first-order valence-electron chi connectivity index (χ1n) is 7.77. The average Bonchev–Trinajstić information content (AvgIpc) is 3.01. The van der Waals surface area contributed by atoms with Gasteiger partial charge in [0.15, 0.2) is 12.4 Å². The zero-order valence-electron chi connectivity index (χ0n) is 13.1. The topological polar surface area (TPSA) is 55.4 Å². The van der Waals surface area contributed by atoms with Gasteiger partial charge in [-0.3, -0.25) is 9.59 Å². The number of carbonyl (C=O) groups is 2. The van der Waals surface area contributed by atoms with Crippen molar-refractivity contribution >= 4 is 17.4 Å². The van der Waals surface area contributed by atoms with Crippen LogP contribution in [-0.2, 0) is 17.6 Å². The highest BCUT2D eigenvalue weighted by Crippen LogP contribution is 2.26. The number of Topliss-reactive ketones (excluding diaryl/α,β-unsaturated/α-hetero) is 1. The molecule has 23 heavy (non-hydrogen) atoms. The second kappa shape index (κ2) is 6.65. The lowest BCUT2D eigenvalue weighted by Crippen LogP contribution is -2.20. The van der Waals surface area contributed by atoms with Crippen molar-refractivity contribution in [2.45, 2.75) is 26.2 Å². The summed E-state index contributed by atoms with van der Waals surface area (Å²) >= 11 is 0. The van der Waals surface area contributed by atoms with Crippen molar-refractivity contribution in [1.29, 1.82) is 0 Å². The molecule has 0 aromatic heterocycles. The molecule has 3 rings (SSSR count). The predicted molar refractivity (Wildman–Crippen MR) is 89.0 cm³/mol. The number of hydrogen-bond acceptors (Lipinski definition) is 3. The van der Waals surface area contributed by atoms with Crippen LogP contribution in [0.4, 0.5) is 5.69 Å². The highest BCUT2D eigenvalue weighted by atomic mass is 16.5. The lowest BCUT2D eigenvalue weighted by atomic mass is 10.1. The molecular weight excluding hydrogens is 290 g/mol. The molecule has 1 aliphatic carbocycles. The van der Waals surface area contributed by atoms with E-state index in [2.05, 4.69) is 11.4 Å². The molecule has 0 radical (unpaired) electrons. The van der Waals surface area contributed by atoms with Gasteiger partial charge in [0.25, 0.3) is 5.91 Å². The molecule has 0 unspecified atom stereocenters. The van der Waals surface area contributed by atoms with Gasteiger partial charge in [-0.2, -0.15) is 0 Å². The van der Waals surface area contributed by atoms with Gasteiger partial charge in [0.2, 0.25) is 0 Å². The number of ether oxygens (including phenoxy) is 1. The average molecular weight is 309 g/mol. The van der Waals surface area contributed by atoms with E-state index in [4.69, 9.17) is 4.74 Å². The third-order valence-electron chi connectivity index (χ3n) is 4.02. The quantitative estimate of drug-likeness (QED) is 0.861. The number of fused-ring (bicyclic) bond motifs is 1. The van der Waals surface area contributed by atoms with Crippen molar-refractivity contribution in [1.82, 2.24) is 0 Å². The number of aryl methyl sites for hydroxylation is 2. The summed E-state index contributed by atoms with van der Waals surface area (Å²) in [5.41, 5.74) is 3.98. The summed E-state index contributed by atoms with van der Waals surface area (Å²) in [6.07, 6.45) is 3.41. The Balaban J connectivity index is 1.54. The highest BCUT2D eigenvalue weighted by molar-refractivity contribution is 5.95. The van der Waals surface area contributed by atoms with Crippen molar-refractivity contribution in [2.24, 2.45) is 0 Å². The summed E-state index contributed by atoms with van der Waals surface area (Å²) in [6, 6.07) is 12.8. The molecule has 118 valence electrons. The van der Waals surface area contributed by atoms with E-state index in [1.165, 1.54) is 24.5 Å². The van der Waals surface area contributed by atoms with Gasteiger partial charge < -0.3 is 10.1 Å². The lowest BCUT2D eigenvalue weighted by Gasteiger charge is -2.09. The van der Waals surface area contributed by atoms with E-state index in [0.29, 0.717) is 11.3 Å². The van der Waals surface area contributed by atoms with Crippen LogP contribution in [0.2, 0.25) is 0 Å². The minimum absolute atomic E-state index is 0.00261. The van der Waals surface area contributed by atoms with Crippen molar-refractivity contribution in [3.8, 4) is 5.75 Å². The zero-order chi connectivity index (χ0) is 16.2. The van der Waals surface area contributed by atoms with Gasteiger partial charge in [-0.1, -0.05) is 6.07 Å². The smallest absolute Gasteiger partial charge is 0.262 e. The molecule has 1 aliphatic rings. The van der Waals surface area contributed by atoms with Crippen LogP contribution in [0.5, 0.6) is 5.75 Å². The van der Waals surface area contributed by atoms with Gasteiger partial charge in [0, 0.05) is 11.3 Å². The number of carbonyl (C=O) groups excluding carboxylic acids is 2. The summed E-state index contributed by atoms with van der Waals surface area (Å²) in [7, 11) is 0. The van der Waals surface area contributed by atoms with E-state index in [0.717, 1.165) is 18.6 Å². The fourth-order valence-corrected chi connectivity index (χ4v) is 2.77. The first kappa shape index (κ1) is 15.3. The molecule has 0 fully saturated rings. The summed E-state index contributed by atoms with van der Waals surface area (Å²) in [5.74, 6) is 0.511. The Bertz CT molecular complexity index is 735. The van der Waals surface area contributed by atoms with Crippen LogP contribution in [-0.4, -0.2) is 18.3 Å². The number of amides is 1. The molecular formula is C19H19NO3. The number of nitrogens with one attached hydrogen (secondary N) is 1. The number of ketones is 1. The van der Waals surface area contributed by atoms with Crippen molar-refractivity contribution in [2.75, 3.05) is 11.9 Å². The third-order valence-corrected chi connectivity index (χ3v) is 4.02. The summed E-state index contributed by atoms with van der Waals surface area (Å²) in [6.45, 7) is 1.48. The van der Waals surface area contributed by atoms with Crippen molar-refractivity contribution in [3.63, 3.8) is 0 Å². The molecule has 0 saturated heterocycles. The number of hydrogen-bond donors (Lipinski definition) is 1. The first-order valence-corrected chi connectivity index (χ1v) is 7.77. The molecule has 1 N–H and O–H groups in total. The van der Waals surface area contributed by atoms with E-state index < -0.39 is 0 Å². The lowest BCUT2D eigenvalue weighted by molar-refractivity contribution is -0.118. The summed E-state index contributed by atoms with van der Waals surface area (Å²) < 4.78 is 5.56. The Kier molecular flexibility index (Phi) is 4.42. The summed E-state index contributed by atoms with van der Waals surface area (Å²) in [5, 5.41) is 2.76. The zero-order valence-corrected chi connectivity index (χ0v) is 13.1. The maximum atomic E-state index is 11.9. The Morgan fingerprint density at radius 3 is 2.52 bits per heavy atom. The van der Waals surface area contributed by atoms with E-state index in [-0.39, 0.29) is 18.3 Å². The Labute approximate surface area is 135 Å². The molecule has 1 amide bonds. The van der Waals surface area contributed by atoms with Crippen LogP contribution in [0, 0.1) is 0 Å². The highest BCUT2D eigenvalue weighted by Gasteiger charge is 2.12. The van der Waals surface area contributed by atoms with Gasteiger partial charge >= 0.3 is 0 Å². The Hall–Kier alpha value is -2.62. The molecule has 0 bridgehead atoms. The molecule has 0 atom stereocenters. The van der Waals surface area contributed by atoms with Gasteiger partial charge in [-0.15, -0.1) is 0 Å². The maximum absolute atomic E-state index is 11.9. The van der Waals surface area contributed by atoms with E-state index in [1.54, 1.807) is 24.3 Å². The Morgan fingerprint density at radius 1 is 1.04 bits per heavy atom. The number of benzene rings is 2. The molecule has 2 aromatic rings. The van der Waals surface area contributed by atoms with Crippen molar-refractivity contribution in [3.05, 3.63) is 59.2 Å². The standard InChI is InChI=1S/C19H19NO3/c1-13(21)14-5-8-17(9-6-14)20-19(22)12-23-18-10-7-15-3-2-4-16(15)11-18/h5-11H,2-4,12H2,1H3,(H,20,22). The maximum Gasteiger partial charge on any atom is 0.262 e. The fourth-order valence-electron chi connectivity index (χ4n) is 2.77. The van der Waals surface area contributed by atoms with Crippen LogP contribution in [0.3, 0.4) is 0 Å². The van der Waals surface area contributed by atoms with Crippen LogP contribution in [0.15, 0.2) is 42.5 Å². The van der Waals surface area contributed by atoms with Gasteiger partial charge in [0.1, 0.15) is 5.75 Å². The fraction of sp³-hybridized carbons (Fsp3) is 0.263. The molecule has 4 heteroatoms. The van der Waals surface area contributed by atoms with E-state index in [9.17, 15) is 9.59 Å². The van der Waals surface area contributed by atoms with Gasteiger partial charge in [-0.25, -0.2) is 0 Å². The molecule has 0 heterocycles. The SMILES string of the molecule is CC(=O)c1ccc(NC(=O)COc2ccc3c(c2)CCC3)cc1. The van der Waals surface area contributed by atoms with Crippen LogP contribution < -0.4 is 10.1 Å². The summed E-state index contributed by atoms with van der Waals surface area (Å²) in [4.78, 5) is 23.1. The van der Waals surface area contributed by atoms with E-state index >= 15 is 0 Å². The second-order valence-corrected chi connectivity index (χ2v) is 5.75. The molecule has 4 nitrogen and oxygen atoms in total. The Morgan fingerprint density at radius 2 is 1.78 bits per heavy atom. The molecule has 0 saturated carbocycles. The van der Waals surface area contributed by atoms with Crippen LogP contribution in [0.25, 0.3) is 0 Å². The van der Waals surface area contributed by atoms with Crippen molar-refractivity contribution < 1.29 is 14.3 Å². The van der Waals surface area contributed by atoms with Crippen LogP contribution in [0.1, 0.15) is 34.8 Å². The largest absolute Gasteiger partial charge is 0.484 e. The predicted octanol–water partition coefficient (Wildman–Crippen LogP) is 3.40. The van der Waals surface area contributed by atoms with Gasteiger partial charge in [0.05, 0.1) is 0 Å². The minimum Gasteiger partial charge on any atom is -0.484 e. The minimum atomic E-state index is -0.221. The monoisotopic (exact) mass is 309 g/mol. The number of rotatable bonds is 5. The van der Waals surface area contributed by atoms with Crippen LogP contribution >= 0.6 is 0 Å². The number of anilines is 1.